The van der Waals surface area contributed by atoms with E-state index in [0.29, 0.717) is 24.0 Å². The summed E-state index contributed by atoms with van der Waals surface area (Å²) in [7, 11) is 2.03. The largest absolute Gasteiger partial charge is 0.461 e. The Morgan fingerprint density at radius 1 is 0.846 bits per heavy atom. The zero-order valence-corrected chi connectivity index (χ0v) is 14.5. The second-order valence-corrected chi connectivity index (χ2v) is 6.22. The minimum Gasteiger partial charge on any atom is -0.461 e. The number of nitrogens with zero attached hydrogens (tertiary/aromatic N) is 3. The molecule has 4 rings (SSSR count). The maximum absolute atomic E-state index is 5.31. The molecule has 0 N–H and O–H groups in total. The van der Waals surface area contributed by atoms with Crippen LogP contribution in [-0.4, -0.2) is 22.1 Å². The molecule has 0 unspecified atom stereocenters. The van der Waals surface area contributed by atoms with Crippen molar-refractivity contribution in [2.24, 2.45) is 0 Å². The second kappa shape index (κ2) is 7.37. The second-order valence-electron chi connectivity index (χ2n) is 6.22. The Bertz CT molecular complexity index is 945. The van der Waals surface area contributed by atoms with Crippen LogP contribution in [0.3, 0.4) is 0 Å². The number of benzene rings is 2. The van der Waals surface area contributed by atoms with Gasteiger partial charge in [-0.05, 0) is 35.9 Å². The summed E-state index contributed by atoms with van der Waals surface area (Å²) in [6, 6.07) is 22.6. The summed E-state index contributed by atoms with van der Waals surface area (Å²) in [5.41, 5.74) is 3.68. The molecule has 0 aliphatic carbocycles. The van der Waals surface area contributed by atoms with Crippen molar-refractivity contribution >= 4 is 0 Å². The van der Waals surface area contributed by atoms with Crippen LogP contribution in [0.25, 0.3) is 22.7 Å². The van der Waals surface area contributed by atoms with Crippen LogP contribution in [0.5, 0.6) is 0 Å². The lowest BCUT2D eigenvalue weighted by atomic mass is 10.0. The summed E-state index contributed by atoms with van der Waals surface area (Å²) >= 11 is 0. The lowest BCUT2D eigenvalue weighted by molar-refractivity contribution is 0.261. The van der Waals surface area contributed by atoms with Crippen LogP contribution in [-0.2, 0) is 13.1 Å². The van der Waals surface area contributed by atoms with Gasteiger partial charge in [0.2, 0.25) is 11.7 Å². The molecule has 0 saturated heterocycles. The minimum absolute atomic E-state index is 0.477. The lowest BCUT2D eigenvalue weighted by Crippen LogP contribution is -2.17. The number of rotatable bonds is 6. The van der Waals surface area contributed by atoms with E-state index in [1.165, 1.54) is 16.7 Å². The lowest BCUT2D eigenvalue weighted by Gasteiger charge is -2.14. The molecule has 0 saturated carbocycles. The molecular weight excluding hydrogens is 326 g/mol. The van der Waals surface area contributed by atoms with Crippen LogP contribution in [0.1, 0.15) is 11.5 Å². The van der Waals surface area contributed by atoms with Crippen LogP contribution >= 0.6 is 0 Å². The Morgan fingerprint density at radius 2 is 1.62 bits per heavy atom. The first kappa shape index (κ1) is 16.3. The highest BCUT2D eigenvalue weighted by atomic mass is 16.5. The summed E-state index contributed by atoms with van der Waals surface area (Å²) in [5, 5.41) is 3.96. The molecule has 0 bridgehead atoms. The Kier molecular flexibility index (Phi) is 4.62. The molecule has 2 aromatic heterocycles. The Balaban J connectivity index is 1.38. The highest BCUT2D eigenvalue weighted by Crippen LogP contribution is 2.20. The first-order valence-electron chi connectivity index (χ1n) is 8.47. The molecule has 2 heterocycles. The van der Waals surface area contributed by atoms with Crippen molar-refractivity contribution < 1.29 is 8.94 Å². The summed E-state index contributed by atoms with van der Waals surface area (Å²) < 4.78 is 10.6. The molecule has 0 spiro atoms. The predicted molar refractivity (Wildman–Crippen MR) is 99.0 cm³/mol. The molecule has 0 amide bonds. The van der Waals surface area contributed by atoms with E-state index in [1.807, 2.05) is 19.2 Å². The van der Waals surface area contributed by atoms with Crippen LogP contribution in [0.2, 0.25) is 0 Å². The van der Waals surface area contributed by atoms with E-state index >= 15 is 0 Å². The van der Waals surface area contributed by atoms with Crippen molar-refractivity contribution in [1.29, 1.82) is 0 Å². The molecule has 0 fully saturated rings. The zero-order valence-electron chi connectivity index (χ0n) is 14.5. The van der Waals surface area contributed by atoms with E-state index in [1.54, 1.807) is 12.3 Å². The van der Waals surface area contributed by atoms with Crippen LogP contribution in [0.4, 0.5) is 0 Å². The number of aromatic nitrogens is 2. The van der Waals surface area contributed by atoms with Gasteiger partial charge in [0.25, 0.3) is 0 Å². The third-order valence-corrected chi connectivity index (χ3v) is 4.13. The number of hydrogen-bond donors (Lipinski definition) is 0. The summed E-state index contributed by atoms with van der Waals surface area (Å²) in [5.74, 6) is 1.66. The van der Waals surface area contributed by atoms with Crippen molar-refractivity contribution in [3.05, 3.63) is 84.4 Å². The van der Waals surface area contributed by atoms with Crippen molar-refractivity contribution in [1.82, 2.24) is 15.0 Å². The SMILES string of the molecule is CN(Cc1ccc(-c2ccccc2)cc1)Cc1nc(-c2ccco2)no1. The molecule has 0 radical (unpaired) electrons. The maximum Gasteiger partial charge on any atom is 0.241 e. The smallest absolute Gasteiger partial charge is 0.241 e. The summed E-state index contributed by atoms with van der Waals surface area (Å²) in [6.07, 6.45) is 1.59. The summed E-state index contributed by atoms with van der Waals surface area (Å²) in [6.45, 7) is 1.38. The monoisotopic (exact) mass is 345 g/mol. The Labute approximate surface area is 151 Å². The van der Waals surface area contributed by atoms with Crippen molar-refractivity contribution in [2.45, 2.75) is 13.1 Å². The first-order valence-corrected chi connectivity index (χ1v) is 8.47. The first-order chi connectivity index (χ1) is 12.8. The van der Waals surface area contributed by atoms with E-state index in [-0.39, 0.29) is 0 Å². The van der Waals surface area contributed by atoms with Crippen LogP contribution < -0.4 is 0 Å². The number of hydrogen-bond acceptors (Lipinski definition) is 5. The van der Waals surface area contributed by atoms with Gasteiger partial charge in [-0.3, -0.25) is 4.90 Å². The van der Waals surface area contributed by atoms with Gasteiger partial charge in [-0.2, -0.15) is 4.98 Å². The van der Waals surface area contributed by atoms with Gasteiger partial charge < -0.3 is 8.94 Å². The Morgan fingerprint density at radius 3 is 2.35 bits per heavy atom. The quantitative estimate of drug-likeness (QED) is 0.510. The van der Waals surface area contributed by atoms with E-state index in [2.05, 4.69) is 63.6 Å². The standard InChI is InChI=1S/C21H19N3O2/c1-24(15-20-22-21(23-26-20)19-8-5-13-25-19)14-16-9-11-18(12-10-16)17-6-3-2-4-7-17/h2-13H,14-15H2,1H3. The highest BCUT2D eigenvalue weighted by molar-refractivity contribution is 5.63. The third kappa shape index (κ3) is 3.73. The molecule has 5 heteroatoms. The van der Waals surface area contributed by atoms with Crippen molar-refractivity contribution in [2.75, 3.05) is 7.05 Å². The normalized spacial score (nSPS) is 11.2. The predicted octanol–water partition coefficient (Wildman–Crippen LogP) is 4.63. The molecule has 2 aromatic carbocycles. The fourth-order valence-corrected chi connectivity index (χ4v) is 2.86. The summed E-state index contributed by atoms with van der Waals surface area (Å²) in [4.78, 5) is 6.51. The molecule has 0 atom stereocenters. The van der Waals surface area contributed by atoms with Crippen LogP contribution in [0, 0.1) is 0 Å². The highest BCUT2D eigenvalue weighted by Gasteiger charge is 2.12. The van der Waals surface area contributed by atoms with Gasteiger partial charge in [-0.1, -0.05) is 59.8 Å². The van der Waals surface area contributed by atoms with E-state index in [0.717, 1.165) is 6.54 Å². The third-order valence-electron chi connectivity index (χ3n) is 4.13. The number of furan rings is 1. The van der Waals surface area contributed by atoms with Crippen molar-refractivity contribution in [3.8, 4) is 22.7 Å². The average Bonchev–Trinajstić information content (AvgIpc) is 3.35. The molecule has 0 aliphatic rings. The fraction of sp³-hybridized carbons (Fsp3) is 0.143. The van der Waals surface area contributed by atoms with Crippen LogP contribution in [0.15, 0.2) is 81.9 Å². The maximum atomic E-state index is 5.31. The van der Waals surface area contributed by atoms with Gasteiger partial charge in [-0.15, -0.1) is 0 Å². The molecule has 26 heavy (non-hydrogen) atoms. The van der Waals surface area contributed by atoms with Gasteiger partial charge in [0.15, 0.2) is 5.76 Å². The van der Waals surface area contributed by atoms with E-state index < -0.39 is 0 Å². The molecule has 5 nitrogen and oxygen atoms in total. The van der Waals surface area contributed by atoms with Gasteiger partial charge in [0, 0.05) is 6.54 Å². The van der Waals surface area contributed by atoms with Gasteiger partial charge in [0.1, 0.15) is 0 Å². The van der Waals surface area contributed by atoms with Gasteiger partial charge >= 0.3 is 0 Å². The van der Waals surface area contributed by atoms with E-state index in [9.17, 15) is 0 Å². The van der Waals surface area contributed by atoms with Gasteiger partial charge in [-0.25, -0.2) is 0 Å². The molecule has 130 valence electrons. The van der Waals surface area contributed by atoms with E-state index in [4.69, 9.17) is 8.94 Å². The topological polar surface area (TPSA) is 55.3 Å². The fourth-order valence-electron chi connectivity index (χ4n) is 2.86. The van der Waals surface area contributed by atoms with Gasteiger partial charge in [0.05, 0.1) is 12.8 Å². The van der Waals surface area contributed by atoms with Crippen molar-refractivity contribution in [3.63, 3.8) is 0 Å². The zero-order chi connectivity index (χ0) is 17.8. The molecule has 4 aromatic rings. The minimum atomic E-state index is 0.477. The average molecular weight is 345 g/mol. The molecular formula is C21H19N3O2. The Hall–Kier alpha value is -3.18. The molecule has 0 aliphatic heterocycles.